The molecule has 0 aliphatic carbocycles. The zero-order valence-electron chi connectivity index (χ0n) is 13.6. The first-order chi connectivity index (χ1) is 12.7. The Hall–Kier alpha value is -3.42. The second kappa shape index (κ2) is 6.83. The van der Waals surface area contributed by atoms with Gasteiger partial charge in [0.1, 0.15) is 18.5 Å². The van der Waals surface area contributed by atoms with E-state index in [0.29, 0.717) is 23.8 Å². The predicted molar refractivity (Wildman–Crippen MR) is 90.0 cm³/mol. The number of rotatable bonds is 4. The number of hydrogen-bond acceptors (Lipinski definition) is 5. The number of para-hydroxylation sites is 2. The fraction of sp³-hybridized carbons (Fsp3) is 0.167. The Kier molecular flexibility index (Phi) is 4.22. The van der Waals surface area contributed by atoms with Crippen LogP contribution in [0.3, 0.4) is 0 Å². The minimum absolute atomic E-state index is 0.159. The molecule has 0 unspecified atom stereocenters. The maximum atomic E-state index is 13.0. The molecule has 0 radical (unpaired) electrons. The van der Waals surface area contributed by atoms with Crippen molar-refractivity contribution < 1.29 is 18.7 Å². The number of amides is 1. The Balaban J connectivity index is 1.36. The first kappa shape index (κ1) is 16.1. The zero-order chi connectivity index (χ0) is 17.9. The van der Waals surface area contributed by atoms with Gasteiger partial charge in [-0.15, -0.1) is 5.10 Å². The van der Waals surface area contributed by atoms with E-state index >= 15 is 0 Å². The molecule has 8 heteroatoms. The lowest BCUT2D eigenvalue weighted by Gasteiger charge is -2.26. The summed E-state index contributed by atoms with van der Waals surface area (Å²) in [4.78, 5) is 12.2. The van der Waals surface area contributed by atoms with Gasteiger partial charge in [-0.2, -0.15) is 0 Å². The summed E-state index contributed by atoms with van der Waals surface area (Å²) in [6.07, 6.45) is 1.19. The lowest BCUT2D eigenvalue weighted by molar-refractivity contribution is 0.0786. The number of carbonyl (C=O) groups is 1. The molecule has 2 heterocycles. The molecule has 0 fully saturated rings. The molecule has 1 aromatic heterocycles. The maximum Gasteiger partial charge on any atom is 0.273 e. The van der Waals surface area contributed by atoms with Gasteiger partial charge in [-0.25, -0.2) is 9.07 Å². The Labute approximate surface area is 148 Å². The number of ether oxygens (including phenoxy) is 2. The molecule has 2 aromatic carbocycles. The molecule has 0 saturated heterocycles. The lowest BCUT2D eigenvalue weighted by atomic mass is 10.2. The van der Waals surface area contributed by atoms with Crippen LogP contribution in [0.2, 0.25) is 0 Å². The van der Waals surface area contributed by atoms with Gasteiger partial charge in [-0.3, -0.25) is 4.79 Å². The quantitative estimate of drug-likeness (QED) is 0.775. The molecule has 1 aliphatic heterocycles. The number of halogens is 1. The summed E-state index contributed by atoms with van der Waals surface area (Å²) in [6.45, 7) is 0.621. The van der Waals surface area contributed by atoms with Gasteiger partial charge in [0, 0.05) is 0 Å². The highest BCUT2D eigenvalue weighted by Gasteiger charge is 2.22. The van der Waals surface area contributed by atoms with E-state index in [4.69, 9.17) is 9.47 Å². The first-order valence-corrected chi connectivity index (χ1v) is 8.04. The predicted octanol–water partition coefficient (Wildman–Crippen LogP) is 1.98. The van der Waals surface area contributed by atoms with E-state index in [9.17, 15) is 9.18 Å². The van der Waals surface area contributed by atoms with Gasteiger partial charge in [0.2, 0.25) is 0 Å². The van der Waals surface area contributed by atoms with Crippen LogP contribution in [0.4, 0.5) is 4.39 Å². The molecule has 1 N–H and O–H groups in total. The van der Waals surface area contributed by atoms with E-state index in [2.05, 4.69) is 15.6 Å². The topological polar surface area (TPSA) is 78.3 Å². The highest BCUT2D eigenvalue weighted by Crippen LogP contribution is 2.30. The van der Waals surface area contributed by atoms with Crippen molar-refractivity contribution in [3.8, 4) is 17.2 Å². The summed E-state index contributed by atoms with van der Waals surface area (Å²) in [6, 6.07) is 13.1. The monoisotopic (exact) mass is 354 g/mol. The molecule has 4 rings (SSSR count). The van der Waals surface area contributed by atoms with Crippen molar-refractivity contribution in [2.24, 2.45) is 0 Å². The smallest absolute Gasteiger partial charge is 0.273 e. The van der Waals surface area contributed by atoms with Gasteiger partial charge in [0.05, 0.1) is 18.4 Å². The number of carbonyl (C=O) groups excluding carboxylic acids is 1. The van der Waals surface area contributed by atoms with E-state index < -0.39 is 0 Å². The van der Waals surface area contributed by atoms with Crippen molar-refractivity contribution in [2.75, 3.05) is 13.2 Å². The van der Waals surface area contributed by atoms with Crippen LogP contribution < -0.4 is 14.8 Å². The van der Waals surface area contributed by atoms with Gasteiger partial charge in [0.15, 0.2) is 17.2 Å². The van der Waals surface area contributed by atoms with Gasteiger partial charge in [0.25, 0.3) is 5.91 Å². The molecule has 7 nitrogen and oxygen atoms in total. The normalized spacial score (nSPS) is 15.5. The van der Waals surface area contributed by atoms with Crippen LogP contribution >= 0.6 is 0 Å². The number of benzene rings is 2. The fourth-order valence-electron chi connectivity index (χ4n) is 2.55. The molecule has 132 valence electrons. The summed E-state index contributed by atoms with van der Waals surface area (Å²) >= 11 is 0. The average molecular weight is 354 g/mol. The number of hydrogen-bond donors (Lipinski definition) is 1. The molecule has 0 bridgehead atoms. The SMILES string of the molecule is O=C(NC[C@H]1COc2ccccc2O1)c1cn(-c2ccc(F)cc2)nn1. The van der Waals surface area contributed by atoms with Gasteiger partial charge < -0.3 is 14.8 Å². The van der Waals surface area contributed by atoms with Crippen LogP contribution in [0.25, 0.3) is 5.69 Å². The highest BCUT2D eigenvalue weighted by atomic mass is 19.1. The summed E-state index contributed by atoms with van der Waals surface area (Å²) in [5.74, 6) is 0.626. The van der Waals surface area contributed by atoms with Crippen molar-refractivity contribution in [1.82, 2.24) is 20.3 Å². The van der Waals surface area contributed by atoms with Crippen LogP contribution in [-0.2, 0) is 0 Å². The van der Waals surface area contributed by atoms with Crippen molar-refractivity contribution >= 4 is 5.91 Å². The van der Waals surface area contributed by atoms with E-state index in [1.54, 1.807) is 12.1 Å². The molecule has 1 amide bonds. The second-order valence-electron chi connectivity index (χ2n) is 5.73. The Morgan fingerprint density at radius 2 is 1.96 bits per heavy atom. The van der Waals surface area contributed by atoms with Crippen LogP contribution in [0.5, 0.6) is 11.5 Å². The van der Waals surface area contributed by atoms with E-state index in [1.165, 1.54) is 23.0 Å². The van der Waals surface area contributed by atoms with Gasteiger partial charge in [-0.1, -0.05) is 17.3 Å². The molecule has 0 spiro atoms. The first-order valence-electron chi connectivity index (χ1n) is 8.04. The third-order valence-electron chi connectivity index (χ3n) is 3.88. The lowest BCUT2D eigenvalue weighted by Crippen LogP contribution is -2.40. The summed E-state index contributed by atoms with van der Waals surface area (Å²) < 4.78 is 25.8. The largest absolute Gasteiger partial charge is 0.486 e. The van der Waals surface area contributed by atoms with E-state index in [0.717, 1.165) is 0 Å². The van der Waals surface area contributed by atoms with E-state index in [-0.39, 0.29) is 30.1 Å². The van der Waals surface area contributed by atoms with Gasteiger partial charge >= 0.3 is 0 Å². The molecule has 26 heavy (non-hydrogen) atoms. The van der Waals surface area contributed by atoms with Crippen LogP contribution in [0.15, 0.2) is 54.7 Å². The van der Waals surface area contributed by atoms with Gasteiger partial charge in [-0.05, 0) is 36.4 Å². The number of nitrogens with one attached hydrogen (secondary N) is 1. The Morgan fingerprint density at radius 3 is 2.77 bits per heavy atom. The van der Waals surface area contributed by atoms with Crippen LogP contribution in [-0.4, -0.2) is 40.2 Å². The van der Waals surface area contributed by atoms with E-state index in [1.807, 2.05) is 24.3 Å². The zero-order valence-corrected chi connectivity index (χ0v) is 13.6. The van der Waals surface area contributed by atoms with Crippen molar-refractivity contribution in [1.29, 1.82) is 0 Å². The molecular formula is C18H15FN4O3. The second-order valence-corrected chi connectivity index (χ2v) is 5.73. The van der Waals surface area contributed by atoms with Crippen molar-refractivity contribution in [3.05, 3.63) is 66.2 Å². The fourth-order valence-corrected chi connectivity index (χ4v) is 2.55. The molecule has 1 atom stereocenters. The third kappa shape index (κ3) is 3.34. The average Bonchev–Trinajstić information content (AvgIpc) is 3.17. The Bertz CT molecular complexity index is 926. The standard InChI is InChI=1S/C18H15FN4O3/c19-12-5-7-13(8-6-12)23-10-15(21-22-23)18(24)20-9-14-11-25-16-3-1-2-4-17(16)26-14/h1-8,10,14H,9,11H2,(H,20,24)/t14-/m0/s1. The third-order valence-corrected chi connectivity index (χ3v) is 3.88. The Morgan fingerprint density at radius 1 is 1.19 bits per heavy atom. The maximum absolute atomic E-state index is 13.0. The number of nitrogens with zero attached hydrogens (tertiary/aromatic N) is 3. The van der Waals surface area contributed by atoms with Crippen LogP contribution in [0, 0.1) is 5.82 Å². The highest BCUT2D eigenvalue weighted by molar-refractivity contribution is 5.91. The van der Waals surface area contributed by atoms with Crippen molar-refractivity contribution in [2.45, 2.75) is 6.10 Å². The number of aromatic nitrogens is 3. The molecule has 0 saturated carbocycles. The summed E-state index contributed by atoms with van der Waals surface area (Å²) in [7, 11) is 0. The van der Waals surface area contributed by atoms with Crippen LogP contribution in [0.1, 0.15) is 10.5 Å². The molecule has 1 aliphatic rings. The number of fused-ring (bicyclic) bond motifs is 1. The minimum atomic E-state index is -0.374. The summed E-state index contributed by atoms with van der Waals surface area (Å²) in [5.41, 5.74) is 0.769. The minimum Gasteiger partial charge on any atom is -0.486 e. The summed E-state index contributed by atoms with van der Waals surface area (Å²) in [5, 5.41) is 10.5. The molecule has 3 aromatic rings. The van der Waals surface area contributed by atoms with Crippen molar-refractivity contribution in [3.63, 3.8) is 0 Å². The molecular weight excluding hydrogens is 339 g/mol.